The molecular formula is C18H25NO3S. The zero-order chi connectivity index (χ0) is 15.9. The molecule has 2 aliphatic rings. The lowest BCUT2D eigenvalue weighted by atomic mass is 10.0. The minimum absolute atomic E-state index is 0.0627. The number of nitrogens with one attached hydrogen (secondary N) is 1. The number of benzene rings is 1. The summed E-state index contributed by atoms with van der Waals surface area (Å²) in [5.41, 5.74) is 1.10. The molecule has 0 unspecified atom stereocenters. The molecule has 2 heterocycles. The third-order valence-electron chi connectivity index (χ3n) is 4.34. The second-order valence-corrected chi connectivity index (χ2v) is 7.18. The summed E-state index contributed by atoms with van der Waals surface area (Å²) in [5.74, 6) is 2.42. The predicted octanol–water partition coefficient (Wildman–Crippen LogP) is 3.32. The molecule has 2 aliphatic heterocycles. The summed E-state index contributed by atoms with van der Waals surface area (Å²) in [5, 5.41) is 3.17. The highest BCUT2D eigenvalue weighted by Crippen LogP contribution is 2.31. The maximum Gasteiger partial charge on any atom is 0.230 e. The molecular weight excluding hydrogens is 310 g/mol. The number of fused-ring (bicyclic) bond motifs is 1. The quantitative estimate of drug-likeness (QED) is 0.897. The number of para-hydroxylation sites is 1. The third kappa shape index (κ3) is 4.88. The Morgan fingerprint density at radius 3 is 2.96 bits per heavy atom. The molecule has 1 N–H and O–H groups in total. The van der Waals surface area contributed by atoms with Crippen LogP contribution in [0.2, 0.25) is 0 Å². The highest BCUT2D eigenvalue weighted by molar-refractivity contribution is 7.99. The molecule has 1 fully saturated rings. The van der Waals surface area contributed by atoms with E-state index in [0.717, 1.165) is 49.5 Å². The van der Waals surface area contributed by atoms with Crippen molar-refractivity contribution < 1.29 is 14.3 Å². The lowest BCUT2D eigenvalue weighted by Crippen LogP contribution is -2.30. The Hall–Kier alpha value is -1.20. The highest BCUT2D eigenvalue weighted by atomic mass is 32.2. The summed E-state index contributed by atoms with van der Waals surface area (Å²) in [6, 6.07) is 8.07. The number of thioether (sulfide) groups is 1. The van der Waals surface area contributed by atoms with E-state index in [1.165, 1.54) is 12.8 Å². The van der Waals surface area contributed by atoms with Crippen LogP contribution in [0.25, 0.3) is 0 Å². The summed E-state index contributed by atoms with van der Waals surface area (Å²) >= 11 is 1.67. The Morgan fingerprint density at radius 1 is 1.17 bits per heavy atom. The molecule has 5 heteroatoms. The number of rotatable bonds is 5. The molecule has 4 nitrogen and oxygen atoms in total. The number of ether oxygens (including phenoxy) is 2. The van der Waals surface area contributed by atoms with Crippen molar-refractivity contribution in [2.45, 2.75) is 44.2 Å². The van der Waals surface area contributed by atoms with Gasteiger partial charge in [-0.25, -0.2) is 0 Å². The Kier molecular flexibility index (Phi) is 6.22. The monoisotopic (exact) mass is 335 g/mol. The maximum atomic E-state index is 12.3. The molecule has 126 valence electrons. The fourth-order valence-corrected chi connectivity index (χ4v) is 4.05. The minimum atomic E-state index is 0.0627. The molecule has 0 aromatic heterocycles. The summed E-state index contributed by atoms with van der Waals surface area (Å²) < 4.78 is 11.5. The van der Waals surface area contributed by atoms with Crippen molar-refractivity contribution >= 4 is 17.7 Å². The van der Waals surface area contributed by atoms with Gasteiger partial charge in [0, 0.05) is 17.9 Å². The van der Waals surface area contributed by atoms with Gasteiger partial charge in [0.1, 0.15) is 5.75 Å². The van der Waals surface area contributed by atoms with Crippen LogP contribution in [-0.2, 0) is 9.53 Å². The molecule has 1 amide bonds. The zero-order valence-corrected chi connectivity index (χ0v) is 14.3. The Bertz CT molecular complexity index is 517. The highest BCUT2D eigenvalue weighted by Gasteiger charge is 2.21. The van der Waals surface area contributed by atoms with E-state index < -0.39 is 0 Å². The average Bonchev–Trinajstić information content (AvgIpc) is 2.78. The molecule has 23 heavy (non-hydrogen) atoms. The second kappa shape index (κ2) is 8.60. The van der Waals surface area contributed by atoms with Gasteiger partial charge in [0.05, 0.1) is 24.5 Å². The first-order valence-corrected chi connectivity index (χ1v) is 9.69. The predicted molar refractivity (Wildman–Crippen MR) is 93.0 cm³/mol. The van der Waals surface area contributed by atoms with Gasteiger partial charge in [-0.05, 0) is 38.2 Å². The fraction of sp³-hybridized carbons (Fsp3) is 0.611. The number of amides is 1. The maximum absolute atomic E-state index is 12.3. The molecule has 1 saturated heterocycles. The van der Waals surface area contributed by atoms with E-state index in [1.807, 2.05) is 18.2 Å². The Morgan fingerprint density at radius 2 is 2.09 bits per heavy atom. The smallest absolute Gasteiger partial charge is 0.230 e. The summed E-state index contributed by atoms with van der Waals surface area (Å²) in [6.45, 7) is 1.59. The lowest BCUT2D eigenvalue weighted by Gasteiger charge is -2.22. The van der Waals surface area contributed by atoms with Crippen LogP contribution in [0, 0.1) is 0 Å². The van der Waals surface area contributed by atoms with E-state index in [4.69, 9.17) is 9.47 Å². The molecule has 1 aromatic rings. The van der Waals surface area contributed by atoms with E-state index in [2.05, 4.69) is 11.4 Å². The van der Waals surface area contributed by atoms with Gasteiger partial charge in [-0.1, -0.05) is 18.2 Å². The standard InChI is InChI=1S/C18H25NO3S/c20-18(13-23-12-14-6-3-4-10-21-14)19-16-8-5-11-22-17-9-2-1-7-15(16)17/h1-2,7,9,14,16H,3-6,8,10-13H2,(H,19,20)/t14-,16+/m1/s1. The molecule has 2 atom stereocenters. The van der Waals surface area contributed by atoms with Crippen LogP contribution >= 0.6 is 11.8 Å². The van der Waals surface area contributed by atoms with E-state index in [0.29, 0.717) is 11.9 Å². The largest absolute Gasteiger partial charge is 0.493 e. The van der Waals surface area contributed by atoms with E-state index in [9.17, 15) is 4.79 Å². The van der Waals surface area contributed by atoms with Crippen LogP contribution in [0.3, 0.4) is 0 Å². The van der Waals surface area contributed by atoms with Gasteiger partial charge in [0.25, 0.3) is 0 Å². The van der Waals surface area contributed by atoms with Crippen molar-refractivity contribution in [3.63, 3.8) is 0 Å². The molecule has 0 aliphatic carbocycles. The summed E-state index contributed by atoms with van der Waals surface area (Å²) in [6.07, 6.45) is 5.76. The number of hydrogen-bond acceptors (Lipinski definition) is 4. The van der Waals surface area contributed by atoms with E-state index in [-0.39, 0.29) is 11.9 Å². The SMILES string of the molecule is O=C(CSC[C@H]1CCCCO1)N[C@H]1CCCOc2ccccc21. The van der Waals surface area contributed by atoms with Gasteiger partial charge in [0.15, 0.2) is 0 Å². The van der Waals surface area contributed by atoms with Gasteiger partial charge in [-0.3, -0.25) is 4.79 Å². The molecule has 1 aromatic carbocycles. The lowest BCUT2D eigenvalue weighted by molar-refractivity contribution is -0.119. The normalized spacial score (nSPS) is 24.2. The van der Waals surface area contributed by atoms with Gasteiger partial charge >= 0.3 is 0 Å². The van der Waals surface area contributed by atoms with Crippen molar-refractivity contribution in [3.05, 3.63) is 29.8 Å². The van der Waals surface area contributed by atoms with Crippen molar-refractivity contribution in [2.75, 3.05) is 24.7 Å². The van der Waals surface area contributed by atoms with Gasteiger partial charge in [-0.2, -0.15) is 0 Å². The zero-order valence-electron chi connectivity index (χ0n) is 13.5. The van der Waals surface area contributed by atoms with Gasteiger partial charge in [0.2, 0.25) is 5.91 Å². The average molecular weight is 335 g/mol. The van der Waals surface area contributed by atoms with Crippen LogP contribution in [0.1, 0.15) is 43.7 Å². The van der Waals surface area contributed by atoms with Crippen molar-refractivity contribution in [1.82, 2.24) is 5.32 Å². The first-order chi connectivity index (χ1) is 11.3. The Labute approximate surface area is 142 Å². The van der Waals surface area contributed by atoms with E-state index in [1.54, 1.807) is 11.8 Å². The third-order valence-corrected chi connectivity index (χ3v) is 5.41. The number of carbonyl (C=O) groups is 1. The molecule has 3 rings (SSSR count). The first kappa shape index (κ1) is 16.7. The van der Waals surface area contributed by atoms with Crippen LogP contribution in [0.15, 0.2) is 24.3 Å². The van der Waals surface area contributed by atoms with Crippen LogP contribution in [-0.4, -0.2) is 36.7 Å². The van der Waals surface area contributed by atoms with Crippen molar-refractivity contribution in [2.24, 2.45) is 0 Å². The van der Waals surface area contributed by atoms with Gasteiger partial charge in [-0.15, -0.1) is 11.8 Å². The molecule has 0 spiro atoms. The topological polar surface area (TPSA) is 47.6 Å². The number of carbonyl (C=O) groups excluding carboxylic acids is 1. The van der Waals surface area contributed by atoms with E-state index >= 15 is 0 Å². The number of hydrogen-bond donors (Lipinski definition) is 1. The van der Waals surface area contributed by atoms with Crippen LogP contribution in [0.4, 0.5) is 0 Å². The Balaban J connectivity index is 1.47. The van der Waals surface area contributed by atoms with Crippen LogP contribution < -0.4 is 10.1 Å². The molecule has 0 bridgehead atoms. The molecule has 0 radical (unpaired) electrons. The summed E-state index contributed by atoms with van der Waals surface area (Å²) in [7, 11) is 0. The fourth-order valence-electron chi connectivity index (χ4n) is 3.13. The summed E-state index contributed by atoms with van der Waals surface area (Å²) in [4.78, 5) is 12.3. The van der Waals surface area contributed by atoms with Crippen LogP contribution in [0.5, 0.6) is 5.75 Å². The van der Waals surface area contributed by atoms with Crippen molar-refractivity contribution in [1.29, 1.82) is 0 Å². The van der Waals surface area contributed by atoms with Gasteiger partial charge < -0.3 is 14.8 Å². The molecule has 0 saturated carbocycles. The minimum Gasteiger partial charge on any atom is -0.493 e. The second-order valence-electron chi connectivity index (χ2n) is 6.15. The van der Waals surface area contributed by atoms with Crippen molar-refractivity contribution in [3.8, 4) is 5.75 Å². The first-order valence-electron chi connectivity index (χ1n) is 8.53.